The molecule has 2 saturated heterocycles. The molecule has 4 rings (SSSR count). The van der Waals surface area contributed by atoms with Gasteiger partial charge >= 0.3 is 0 Å². The topological polar surface area (TPSA) is 101 Å². The van der Waals surface area contributed by atoms with Gasteiger partial charge in [-0.1, -0.05) is 18.2 Å². The summed E-state index contributed by atoms with van der Waals surface area (Å²) in [6.45, 7) is 3.63. The van der Waals surface area contributed by atoms with Gasteiger partial charge in [-0.05, 0) is 29.8 Å². The third-order valence-corrected chi connectivity index (χ3v) is 5.80. The molecule has 4 heterocycles. The molecule has 0 unspecified atom stereocenters. The van der Waals surface area contributed by atoms with Crippen molar-refractivity contribution in [2.24, 2.45) is 0 Å². The molecule has 0 saturated carbocycles. The fourth-order valence-corrected chi connectivity index (χ4v) is 4.26. The summed E-state index contributed by atoms with van der Waals surface area (Å²) in [6.07, 6.45) is 1.41. The number of aromatic nitrogens is 3. The Balaban J connectivity index is 1.60. The molecule has 0 spiro atoms. The zero-order valence-electron chi connectivity index (χ0n) is 18.4. The molecule has 2 aromatic rings. The van der Waals surface area contributed by atoms with Crippen molar-refractivity contribution in [3.63, 3.8) is 0 Å². The monoisotopic (exact) mass is 492 g/mol. The average molecular weight is 493 g/mol. The summed E-state index contributed by atoms with van der Waals surface area (Å²) < 4.78 is 32.8. The van der Waals surface area contributed by atoms with Crippen LogP contribution in [0.15, 0.2) is 37.2 Å². The molecule has 9 nitrogen and oxygen atoms in total. The molecule has 2 aliphatic rings. The summed E-state index contributed by atoms with van der Waals surface area (Å²) in [5, 5.41) is 2.67. The summed E-state index contributed by atoms with van der Waals surface area (Å²) in [5.41, 5.74) is 1.57. The Hall–Kier alpha value is -3.02. The maximum Gasteiger partial charge on any atom is 0.272 e. The lowest BCUT2D eigenvalue weighted by Crippen LogP contribution is -2.60. The highest BCUT2D eigenvalue weighted by atomic mass is 35.5. The highest BCUT2D eigenvalue weighted by molar-refractivity contribution is 6.29. The van der Waals surface area contributed by atoms with Crippen LogP contribution in [0.5, 0.6) is 0 Å². The number of ether oxygens (including phenoxy) is 1. The minimum Gasteiger partial charge on any atom is -0.365 e. The van der Waals surface area contributed by atoms with E-state index in [1.54, 1.807) is 21.9 Å². The predicted octanol–water partition coefficient (Wildman–Crippen LogP) is 1.96. The first-order valence-corrected chi connectivity index (χ1v) is 10.9. The summed E-state index contributed by atoms with van der Waals surface area (Å²) in [7, 11) is 1.49. The van der Waals surface area contributed by atoms with E-state index in [2.05, 4.69) is 26.8 Å². The Morgan fingerprint density at radius 1 is 1.26 bits per heavy atom. The van der Waals surface area contributed by atoms with Crippen molar-refractivity contribution in [3.8, 4) is 11.4 Å². The second-order valence-corrected chi connectivity index (χ2v) is 8.58. The van der Waals surface area contributed by atoms with Gasteiger partial charge in [0.05, 0.1) is 37.1 Å². The molecule has 2 atom stereocenters. The predicted molar refractivity (Wildman–Crippen MR) is 119 cm³/mol. The van der Waals surface area contributed by atoms with Gasteiger partial charge in [-0.3, -0.25) is 14.5 Å². The minimum absolute atomic E-state index is 0.166. The van der Waals surface area contributed by atoms with Crippen LogP contribution >= 0.6 is 11.6 Å². The van der Waals surface area contributed by atoms with Crippen molar-refractivity contribution in [1.29, 1.82) is 0 Å². The molecule has 0 aliphatic carbocycles. The number of likely N-dealkylation sites (tertiary alicyclic amines) is 1. The van der Waals surface area contributed by atoms with E-state index in [0.717, 1.165) is 0 Å². The van der Waals surface area contributed by atoms with Crippen molar-refractivity contribution < 1.29 is 23.1 Å². The maximum atomic E-state index is 13.3. The summed E-state index contributed by atoms with van der Waals surface area (Å²) in [6, 6.07) is 4.82. The second-order valence-electron chi connectivity index (χ2n) is 8.20. The highest BCUT2D eigenvalue weighted by Gasteiger charge is 2.45. The molecule has 12 heteroatoms. The lowest BCUT2D eigenvalue weighted by Gasteiger charge is -2.44. The quantitative estimate of drug-likeness (QED) is 0.486. The SMILES string of the molecule is C=CC(=O)N1C[C@H](CN2CC(F)(F)C2)O[C@H](c2cc(Cl)nc(-c3cc(C(=O)NC)ncn3)c2)C1. The van der Waals surface area contributed by atoms with Crippen LogP contribution in [0.25, 0.3) is 11.4 Å². The van der Waals surface area contributed by atoms with Gasteiger partial charge < -0.3 is 15.0 Å². The van der Waals surface area contributed by atoms with Crippen LogP contribution in [-0.4, -0.2) is 88.4 Å². The molecule has 180 valence electrons. The summed E-state index contributed by atoms with van der Waals surface area (Å²) in [4.78, 5) is 39.9. The van der Waals surface area contributed by atoms with Gasteiger partial charge in [0, 0.05) is 20.1 Å². The number of nitrogens with one attached hydrogen (secondary N) is 1. The van der Waals surface area contributed by atoms with Gasteiger partial charge in [-0.15, -0.1) is 0 Å². The molecule has 34 heavy (non-hydrogen) atoms. The third kappa shape index (κ3) is 5.37. The van der Waals surface area contributed by atoms with Gasteiger partial charge in [-0.2, -0.15) is 0 Å². The Morgan fingerprint density at radius 2 is 2.03 bits per heavy atom. The van der Waals surface area contributed by atoms with E-state index in [1.165, 1.54) is 25.5 Å². The Labute approximate surface area is 199 Å². The first-order valence-electron chi connectivity index (χ1n) is 10.6. The Bertz CT molecular complexity index is 1110. The van der Waals surface area contributed by atoms with Crippen LogP contribution in [-0.2, 0) is 9.53 Å². The number of rotatable bonds is 6. The smallest absolute Gasteiger partial charge is 0.272 e. The standard InChI is InChI=1S/C22H23ClF2N6O3/c1-3-20(32)31-8-14(7-30-10-22(24,25)11-30)34-18(9-31)13-4-16(29-19(23)5-13)15-6-17(21(33)26-2)28-12-27-15/h3-6,12,14,18H,1,7-11H2,2H3,(H,26,33)/t14-,18-/m0/s1. The normalized spacial score (nSPS) is 22.1. The Morgan fingerprint density at radius 3 is 2.71 bits per heavy atom. The molecule has 2 fully saturated rings. The summed E-state index contributed by atoms with van der Waals surface area (Å²) >= 11 is 6.28. The van der Waals surface area contributed by atoms with Crippen molar-refractivity contribution in [2.75, 3.05) is 39.8 Å². The fourth-order valence-electron chi connectivity index (χ4n) is 4.04. The molecule has 2 aliphatic heterocycles. The van der Waals surface area contributed by atoms with E-state index < -0.39 is 18.1 Å². The molecule has 0 bridgehead atoms. The van der Waals surface area contributed by atoms with Gasteiger partial charge in [0.25, 0.3) is 11.8 Å². The molecular weight excluding hydrogens is 470 g/mol. The van der Waals surface area contributed by atoms with Crippen molar-refractivity contribution in [1.82, 2.24) is 30.1 Å². The zero-order valence-corrected chi connectivity index (χ0v) is 19.1. The Kier molecular flexibility index (Phi) is 6.87. The van der Waals surface area contributed by atoms with Crippen LogP contribution in [0.3, 0.4) is 0 Å². The number of alkyl halides is 2. The van der Waals surface area contributed by atoms with Gasteiger partial charge in [0.2, 0.25) is 5.91 Å². The van der Waals surface area contributed by atoms with Gasteiger partial charge in [0.1, 0.15) is 23.3 Å². The number of pyridine rings is 1. The van der Waals surface area contributed by atoms with Crippen LogP contribution in [0.2, 0.25) is 5.15 Å². The van der Waals surface area contributed by atoms with Crippen molar-refractivity contribution in [3.05, 3.63) is 53.6 Å². The van der Waals surface area contributed by atoms with E-state index in [1.807, 2.05) is 0 Å². The highest BCUT2D eigenvalue weighted by Crippen LogP contribution is 2.32. The van der Waals surface area contributed by atoms with Crippen LogP contribution < -0.4 is 5.32 Å². The molecule has 2 aromatic heterocycles. The molecule has 0 aromatic carbocycles. The van der Waals surface area contributed by atoms with Crippen molar-refractivity contribution >= 4 is 23.4 Å². The van der Waals surface area contributed by atoms with E-state index in [0.29, 0.717) is 17.0 Å². The minimum atomic E-state index is -2.69. The second kappa shape index (κ2) is 9.69. The van der Waals surface area contributed by atoms with Crippen LogP contribution in [0.1, 0.15) is 22.2 Å². The lowest BCUT2D eigenvalue weighted by atomic mass is 10.0. The van der Waals surface area contributed by atoms with E-state index in [9.17, 15) is 18.4 Å². The third-order valence-electron chi connectivity index (χ3n) is 5.60. The number of nitrogens with zero attached hydrogens (tertiary/aromatic N) is 5. The number of carbonyl (C=O) groups is 2. The maximum absolute atomic E-state index is 13.3. The molecule has 0 radical (unpaired) electrons. The zero-order chi connectivity index (χ0) is 24.5. The lowest BCUT2D eigenvalue weighted by molar-refractivity contribution is -0.165. The number of hydrogen-bond donors (Lipinski definition) is 1. The van der Waals surface area contributed by atoms with E-state index in [4.69, 9.17) is 16.3 Å². The number of carbonyl (C=O) groups excluding carboxylic acids is 2. The first kappa shape index (κ1) is 24.1. The number of halogens is 3. The van der Waals surface area contributed by atoms with Crippen LogP contribution in [0, 0.1) is 0 Å². The molecule has 2 amide bonds. The summed E-state index contributed by atoms with van der Waals surface area (Å²) in [5.74, 6) is -3.35. The largest absolute Gasteiger partial charge is 0.365 e. The van der Waals surface area contributed by atoms with E-state index >= 15 is 0 Å². The number of hydrogen-bond acceptors (Lipinski definition) is 7. The van der Waals surface area contributed by atoms with Crippen molar-refractivity contribution in [2.45, 2.75) is 18.1 Å². The number of amides is 2. The van der Waals surface area contributed by atoms with Gasteiger partial charge in [0.15, 0.2) is 0 Å². The van der Waals surface area contributed by atoms with E-state index in [-0.39, 0.29) is 55.4 Å². The molecule has 1 N–H and O–H groups in total. The first-order chi connectivity index (χ1) is 16.2. The van der Waals surface area contributed by atoms with Crippen LogP contribution in [0.4, 0.5) is 8.78 Å². The van der Waals surface area contributed by atoms with Gasteiger partial charge in [-0.25, -0.2) is 23.7 Å². The fraction of sp³-hybridized carbons (Fsp3) is 0.409. The number of morpholine rings is 1. The molecular formula is C22H23ClF2N6O3. The average Bonchev–Trinajstić information content (AvgIpc) is 2.81.